The second-order valence-electron chi connectivity index (χ2n) is 6.40. The number of hydrogen-bond acceptors (Lipinski definition) is 6. The molecule has 0 spiro atoms. The smallest absolute Gasteiger partial charge is 0.261 e. The summed E-state index contributed by atoms with van der Waals surface area (Å²) in [6.45, 7) is 4.59. The standard InChI is InChI=1S/C18H21N5O2/c1-22-11-15(13-2-3-21-9-16(13)19)17-14(18(22)24)8-12(25-17)10-23-6-4-20-5-7-23/h2-3,8-9,11,20H,4-7,10,19H2,1H3. The highest BCUT2D eigenvalue weighted by molar-refractivity contribution is 5.94. The van der Waals surface area contributed by atoms with Gasteiger partial charge in [0, 0.05) is 56.7 Å². The van der Waals surface area contributed by atoms with Crippen molar-refractivity contribution in [2.75, 3.05) is 31.9 Å². The molecular weight excluding hydrogens is 318 g/mol. The molecule has 0 saturated carbocycles. The highest BCUT2D eigenvalue weighted by Gasteiger charge is 2.18. The van der Waals surface area contributed by atoms with Crippen LogP contribution in [0, 0.1) is 0 Å². The summed E-state index contributed by atoms with van der Waals surface area (Å²) in [6, 6.07) is 3.70. The first kappa shape index (κ1) is 15.9. The number of anilines is 1. The first-order chi connectivity index (χ1) is 12.1. The molecule has 0 unspecified atom stereocenters. The summed E-state index contributed by atoms with van der Waals surface area (Å²) < 4.78 is 7.67. The Balaban J connectivity index is 1.82. The van der Waals surface area contributed by atoms with E-state index in [9.17, 15) is 4.79 Å². The number of hydrogen-bond donors (Lipinski definition) is 2. The van der Waals surface area contributed by atoms with E-state index in [1.54, 1.807) is 30.2 Å². The minimum absolute atomic E-state index is 0.0679. The Morgan fingerprint density at radius 3 is 2.88 bits per heavy atom. The predicted molar refractivity (Wildman–Crippen MR) is 97.2 cm³/mol. The molecule has 3 N–H and O–H groups in total. The van der Waals surface area contributed by atoms with Crippen LogP contribution >= 0.6 is 0 Å². The van der Waals surface area contributed by atoms with Crippen LogP contribution in [0.5, 0.6) is 0 Å². The van der Waals surface area contributed by atoms with E-state index < -0.39 is 0 Å². The number of nitrogens with two attached hydrogens (primary N) is 1. The van der Waals surface area contributed by atoms with E-state index in [-0.39, 0.29) is 5.56 Å². The third-order valence-corrected chi connectivity index (χ3v) is 4.63. The summed E-state index contributed by atoms with van der Waals surface area (Å²) in [5.41, 5.74) is 8.79. The van der Waals surface area contributed by atoms with Crippen molar-refractivity contribution in [2.45, 2.75) is 6.54 Å². The number of nitrogens with one attached hydrogen (secondary N) is 1. The Hall–Kier alpha value is -2.64. The van der Waals surface area contributed by atoms with E-state index >= 15 is 0 Å². The molecule has 7 nitrogen and oxygen atoms in total. The quantitative estimate of drug-likeness (QED) is 0.745. The average molecular weight is 339 g/mol. The summed E-state index contributed by atoms with van der Waals surface area (Å²) in [7, 11) is 1.74. The molecule has 4 rings (SSSR count). The molecule has 0 atom stereocenters. The zero-order valence-electron chi connectivity index (χ0n) is 14.2. The lowest BCUT2D eigenvalue weighted by Gasteiger charge is -2.26. The van der Waals surface area contributed by atoms with Crippen molar-refractivity contribution in [1.82, 2.24) is 19.8 Å². The Labute approximate surface area is 145 Å². The Morgan fingerprint density at radius 1 is 1.32 bits per heavy atom. The van der Waals surface area contributed by atoms with Crippen molar-refractivity contribution in [3.05, 3.63) is 46.8 Å². The third-order valence-electron chi connectivity index (χ3n) is 4.63. The fourth-order valence-corrected chi connectivity index (χ4v) is 3.31. The lowest BCUT2D eigenvalue weighted by atomic mass is 10.1. The minimum atomic E-state index is -0.0679. The van der Waals surface area contributed by atoms with Crippen molar-refractivity contribution in [3.8, 4) is 11.1 Å². The fraction of sp³-hybridized carbons (Fsp3) is 0.333. The maximum Gasteiger partial charge on any atom is 0.261 e. The molecule has 0 radical (unpaired) electrons. The maximum atomic E-state index is 12.5. The molecule has 0 aliphatic carbocycles. The van der Waals surface area contributed by atoms with Crippen molar-refractivity contribution < 1.29 is 4.42 Å². The summed E-state index contributed by atoms with van der Waals surface area (Å²) >= 11 is 0. The average Bonchev–Trinajstić information content (AvgIpc) is 3.04. The summed E-state index contributed by atoms with van der Waals surface area (Å²) in [5, 5.41) is 3.92. The van der Waals surface area contributed by atoms with Crippen molar-refractivity contribution in [2.24, 2.45) is 7.05 Å². The van der Waals surface area contributed by atoms with Gasteiger partial charge < -0.3 is 20.0 Å². The van der Waals surface area contributed by atoms with Gasteiger partial charge in [-0.3, -0.25) is 14.7 Å². The number of rotatable bonds is 3. The lowest BCUT2D eigenvalue weighted by molar-refractivity contribution is 0.218. The first-order valence-electron chi connectivity index (χ1n) is 8.38. The number of nitrogens with zero attached hydrogens (tertiary/aromatic N) is 3. The van der Waals surface area contributed by atoms with Crippen molar-refractivity contribution >= 4 is 16.7 Å². The van der Waals surface area contributed by atoms with Crippen molar-refractivity contribution in [1.29, 1.82) is 0 Å². The van der Waals surface area contributed by atoms with Gasteiger partial charge in [-0.25, -0.2) is 0 Å². The van der Waals surface area contributed by atoms with Gasteiger partial charge in [0.1, 0.15) is 11.3 Å². The molecule has 4 heterocycles. The molecule has 0 amide bonds. The molecule has 3 aromatic heterocycles. The normalized spacial score (nSPS) is 15.7. The molecule has 1 saturated heterocycles. The van der Waals surface area contributed by atoms with Gasteiger partial charge in [-0.05, 0) is 12.1 Å². The van der Waals surface area contributed by atoms with Gasteiger partial charge in [-0.1, -0.05) is 0 Å². The second kappa shape index (κ2) is 6.34. The molecule has 25 heavy (non-hydrogen) atoms. The maximum absolute atomic E-state index is 12.5. The van der Waals surface area contributed by atoms with Crippen LogP contribution in [0.1, 0.15) is 5.76 Å². The van der Waals surface area contributed by atoms with Crippen LogP contribution in [0.2, 0.25) is 0 Å². The van der Waals surface area contributed by atoms with Gasteiger partial charge in [0.05, 0.1) is 23.8 Å². The van der Waals surface area contributed by atoms with Gasteiger partial charge in [0.15, 0.2) is 0 Å². The summed E-state index contributed by atoms with van der Waals surface area (Å²) in [5.74, 6) is 0.800. The molecule has 1 aliphatic rings. The number of pyridine rings is 2. The van der Waals surface area contributed by atoms with Gasteiger partial charge in [0.2, 0.25) is 0 Å². The zero-order chi connectivity index (χ0) is 17.4. The first-order valence-corrected chi connectivity index (χ1v) is 8.38. The SMILES string of the molecule is Cn1cc(-c2ccncc2N)c2oc(CN3CCNCC3)cc2c1=O. The summed E-state index contributed by atoms with van der Waals surface area (Å²) in [4.78, 5) is 18.9. The van der Waals surface area contributed by atoms with Crippen LogP contribution in [0.25, 0.3) is 22.1 Å². The van der Waals surface area contributed by atoms with E-state index in [4.69, 9.17) is 10.2 Å². The Morgan fingerprint density at radius 2 is 2.12 bits per heavy atom. The molecule has 130 valence electrons. The van der Waals surface area contributed by atoms with Gasteiger partial charge in [-0.15, -0.1) is 0 Å². The number of aryl methyl sites for hydroxylation is 1. The molecule has 7 heteroatoms. The third kappa shape index (κ3) is 2.92. The molecule has 3 aromatic rings. The van der Waals surface area contributed by atoms with E-state index in [2.05, 4.69) is 15.2 Å². The van der Waals surface area contributed by atoms with Gasteiger partial charge in [0.25, 0.3) is 5.56 Å². The van der Waals surface area contributed by atoms with Crippen LogP contribution in [-0.4, -0.2) is 40.6 Å². The highest BCUT2D eigenvalue weighted by Crippen LogP contribution is 2.32. The van der Waals surface area contributed by atoms with Gasteiger partial charge in [-0.2, -0.15) is 0 Å². The molecule has 1 fully saturated rings. The van der Waals surface area contributed by atoms with E-state index in [1.165, 1.54) is 0 Å². The van der Waals surface area contributed by atoms with Crippen LogP contribution in [0.4, 0.5) is 5.69 Å². The predicted octanol–water partition coefficient (Wildman–Crippen LogP) is 1.18. The number of piperazine rings is 1. The Kier molecular flexibility index (Phi) is 4.03. The number of aromatic nitrogens is 2. The van der Waals surface area contributed by atoms with Crippen LogP contribution in [-0.2, 0) is 13.6 Å². The second-order valence-corrected chi connectivity index (χ2v) is 6.40. The van der Waals surface area contributed by atoms with Gasteiger partial charge >= 0.3 is 0 Å². The van der Waals surface area contributed by atoms with Crippen molar-refractivity contribution in [3.63, 3.8) is 0 Å². The zero-order valence-corrected chi connectivity index (χ0v) is 14.2. The molecule has 0 bridgehead atoms. The molecule has 0 aromatic carbocycles. The monoisotopic (exact) mass is 339 g/mol. The number of fused-ring (bicyclic) bond motifs is 1. The Bertz CT molecular complexity index is 969. The molecular formula is C18H21N5O2. The topological polar surface area (TPSA) is 89.3 Å². The van der Waals surface area contributed by atoms with Crippen LogP contribution in [0.3, 0.4) is 0 Å². The fourth-order valence-electron chi connectivity index (χ4n) is 3.31. The molecule has 1 aliphatic heterocycles. The van der Waals surface area contributed by atoms with Crippen LogP contribution in [0.15, 0.2) is 39.9 Å². The van der Waals surface area contributed by atoms with E-state index in [1.807, 2.05) is 12.1 Å². The van der Waals surface area contributed by atoms with E-state index in [0.717, 1.165) is 43.1 Å². The summed E-state index contributed by atoms with van der Waals surface area (Å²) in [6.07, 6.45) is 5.07. The lowest BCUT2D eigenvalue weighted by Crippen LogP contribution is -2.42. The number of nitrogen functional groups attached to an aromatic ring is 1. The largest absolute Gasteiger partial charge is 0.459 e. The minimum Gasteiger partial charge on any atom is -0.459 e. The highest BCUT2D eigenvalue weighted by atomic mass is 16.3. The van der Waals surface area contributed by atoms with E-state index in [0.29, 0.717) is 23.2 Å². The van der Waals surface area contributed by atoms with Crippen LogP contribution < -0.4 is 16.6 Å². The number of furan rings is 1.